The zero-order valence-electron chi connectivity index (χ0n) is 15.9. The molecule has 1 amide bonds. The number of carbonyl (C=O) groups excluding carboxylic acids is 1. The van der Waals surface area contributed by atoms with Gasteiger partial charge in [0.25, 0.3) is 11.5 Å². The van der Waals surface area contributed by atoms with Crippen molar-refractivity contribution in [3.05, 3.63) is 68.8 Å². The molecule has 3 aromatic rings. The number of rotatable bonds is 4. The molecule has 0 fully saturated rings. The normalized spacial score (nSPS) is 11.3. The second kappa shape index (κ2) is 6.83. The van der Waals surface area contributed by atoms with E-state index in [2.05, 4.69) is 34.9 Å². The Bertz CT molecular complexity index is 1040. The minimum atomic E-state index is -0.167. The molecule has 1 aromatic carbocycles. The fraction of sp³-hybridized carbons (Fsp3) is 0.333. The second-order valence-electron chi connectivity index (χ2n) is 7.14. The van der Waals surface area contributed by atoms with E-state index >= 15 is 0 Å². The molecule has 136 valence electrons. The average molecular weight is 351 g/mol. The minimum absolute atomic E-state index is 0.150. The molecule has 0 spiro atoms. The van der Waals surface area contributed by atoms with Gasteiger partial charge in [-0.1, -0.05) is 6.07 Å². The molecule has 2 N–H and O–H groups in total. The van der Waals surface area contributed by atoms with Gasteiger partial charge in [-0.05, 0) is 63.9 Å². The Morgan fingerprint density at radius 3 is 2.58 bits per heavy atom. The van der Waals surface area contributed by atoms with Crippen molar-refractivity contribution in [1.82, 2.24) is 14.9 Å². The fourth-order valence-electron chi connectivity index (χ4n) is 3.49. The monoisotopic (exact) mass is 351 g/mol. The summed E-state index contributed by atoms with van der Waals surface area (Å²) in [5.74, 6) is -0.167. The highest BCUT2D eigenvalue weighted by Gasteiger charge is 2.16. The Balaban J connectivity index is 1.93. The molecule has 0 bridgehead atoms. The summed E-state index contributed by atoms with van der Waals surface area (Å²) in [6.07, 6.45) is 2.08. The van der Waals surface area contributed by atoms with Crippen LogP contribution in [-0.2, 0) is 6.54 Å². The maximum absolute atomic E-state index is 12.8. The first kappa shape index (κ1) is 18.0. The summed E-state index contributed by atoms with van der Waals surface area (Å²) < 4.78 is 2.18. The summed E-state index contributed by atoms with van der Waals surface area (Å²) in [7, 11) is 0. The quantitative estimate of drug-likeness (QED) is 0.751. The standard InChI is InChI=1S/C21H25N3O2/c1-12(2)24-11-14(4)19-16(7-6-8-18(19)24)20(25)22-10-17-13(3)9-15(5)23-21(17)26/h6-9,11-12H,10H2,1-5H3,(H,22,25)(H,23,26). The van der Waals surface area contributed by atoms with Gasteiger partial charge < -0.3 is 14.9 Å². The highest BCUT2D eigenvalue weighted by molar-refractivity contribution is 6.07. The van der Waals surface area contributed by atoms with Crippen molar-refractivity contribution >= 4 is 16.8 Å². The highest BCUT2D eigenvalue weighted by atomic mass is 16.1. The number of hydrogen-bond acceptors (Lipinski definition) is 2. The molecule has 0 aliphatic rings. The van der Waals surface area contributed by atoms with Gasteiger partial charge in [0, 0.05) is 46.5 Å². The first-order chi connectivity index (χ1) is 12.3. The van der Waals surface area contributed by atoms with Crippen LogP contribution in [0.2, 0.25) is 0 Å². The van der Waals surface area contributed by atoms with Gasteiger partial charge in [0.05, 0.1) is 0 Å². The van der Waals surface area contributed by atoms with Crippen molar-refractivity contribution < 1.29 is 4.79 Å². The van der Waals surface area contributed by atoms with Crippen LogP contribution < -0.4 is 10.9 Å². The van der Waals surface area contributed by atoms with E-state index in [1.165, 1.54) is 0 Å². The molecule has 0 unspecified atom stereocenters. The van der Waals surface area contributed by atoms with Crippen molar-refractivity contribution in [3.8, 4) is 0 Å². The lowest BCUT2D eigenvalue weighted by molar-refractivity contribution is 0.0952. The van der Waals surface area contributed by atoms with Crippen LogP contribution >= 0.6 is 0 Å². The number of aryl methyl sites for hydroxylation is 3. The van der Waals surface area contributed by atoms with Gasteiger partial charge >= 0.3 is 0 Å². The van der Waals surface area contributed by atoms with E-state index in [1.54, 1.807) is 0 Å². The van der Waals surface area contributed by atoms with Crippen LogP contribution in [0.15, 0.2) is 35.3 Å². The average Bonchev–Trinajstić information content (AvgIpc) is 2.91. The zero-order chi connectivity index (χ0) is 19.0. The summed E-state index contributed by atoms with van der Waals surface area (Å²) >= 11 is 0. The van der Waals surface area contributed by atoms with Crippen molar-refractivity contribution in [3.63, 3.8) is 0 Å². The number of benzene rings is 1. The Kier molecular flexibility index (Phi) is 4.72. The molecule has 2 heterocycles. The Labute approximate surface area is 153 Å². The summed E-state index contributed by atoms with van der Waals surface area (Å²) in [5, 5.41) is 3.87. The molecule has 0 atom stereocenters. The van der Waals surface area contributed by atoms with E-state index in [-0.39, 0.29) is 18.0 Å². The van der Waals surface area contributed by atoms with E-state index in [9.17, 15) is 9.59 Å². The van der Waals surface area contributed by atoms with Crippen LogP contribution in [0.5, 0.6) is 0 Å². The predicted octanol–water partition coefficient (Wildman–Crippen LogP) is 3.77. The summed E-state index contributed by atoms with van der Waals surface area (Å²) in [5.41, 5.74) is 4.90. The van der Waals surface area contributed by atoms with Crippen LogP contribution in [0.1, 0.15) is 52.6 Å². The Hall–Kier alpha value is -2.82. The largest absolute Gasteiger partial charge is 0.348 e. The van der Waals surface area contributed by atoms with E-state index < -0.39 is 0 Å². The van der Waals surface area contributed by atoms with Gasteiger partial charge in [0.2, 0.25) is 0 Å². The number of nitrogens with one attached hydrogen (secondary N) is 2. The van der Waals surface area contributed by atoms with E-state index in [1.807, 2.05) is 45.0 Å². The molecular weight excluding hydrogens is 326 g/mol. The van der Waals surface area contributed by atoms with Crippen LogP contribution in [0, 0.1) is 20.8 Å². The number of aromatic amines is 1. The Morgan fingerprint density at radius 1 is 1.19 bits per heavy atom. The van der Waals surface area contributed by atoms with Crippen LogP contribution in [0.4, 0.5) is 0 Å². The molecule has 0 saturated carbocycles. The maximum atomic E-state index is 12.8. The lowest BCUT2D eigenvalue weighted by Crippen LogP contribution is -2.28. The van der Waals surface area contributed by atoms with E-state index in [4.69, 9.17) is 0 Å². The molecule has 0 saturated heterocycles. The highest BCUT2D eigenvalue weighted by Crippen LogP contribution is 2.27. The number of amides is 1. The topological polar surface area (TPSA) is 66.9 Å². The maximum Gasteiger partial charge on any atom is 0.253 e. The van der Waals surface area contributed by atoms with Crippen molar-refractivity contribution in [2.24, 2.45) is 0 Å². The number of aromatic nitrogens is 2. The summed E-state index contributed by atoms with van der Waals surface area (Å²) in [6.45, 7) is 10.2. The number of H-pyrrole nitrogens is 1. The third-order valence-corrected chi connectivity index (χ3v) is 4.77. The summed E-state index contributed by atoms with van der Waals surface area (Å²) in [6, 6.07) is 8.00. The molecule has 5 heteroatoms. The van der Waals surface area contributed by atoms with Crippen molar-refractivity contribution in [2.45, 2.75) is 47.2 Å². The number of nitrogens with zero attached hydrogens (tertiary/aromatic N) is 1. The molecule has 2 aromatic heterocycles. The van der Waals surface area contributed by atoms with Gasteiger partial charge in [-0.3, -0.25) is 9.59 Å². The molecule has 5 nitrogen and oxygen atoms in total. The van der Waals surface area contributed by atoms with Gasteiger partial charge in [0.15, 0.2) is 0 Å². The second-order valence-corrected chi connectivity index (χ2v) is 7.14. The zero-order valence-corrected chi connectivity index (χ0v) is 15.9. The number of carbonyl (C=O) groups is 1. The third kappa shape index (κ3) is 3.17. The molecular formula is C21H25N3O2. The summed E-state index contributed by atoms with van der Waals surface area (Å²) in [4.78, 5) is 27.8. The molecule has 3 rings (SSSR count). The van der Waals surface area contributed by atoms with E-state index in [0.29, 0.717) is 17.2 Å². The van der Waals surface area contributed by atoms with Crippen LogP contribution in [0.25, 0.3) is 10.9 Å². The molecule has 0 aliphatic heterocycles. The van der Waals surface area contributed by atoms with Gasteiger partial charge in [-0.2, -0.15) is 0 Å². The van der Waals surface area contributed by atoms with Crippen molar-refractivity contribution in [2.75, 3.05) is 0 Å². The molecule has 26 heavy (non-hydrogen) atoms. The van der Waals surface area contributed by atoms with Gasteiger partial charge in [0.1, 0.15) is 0 Å². The predicted molar refractivity (Wildman–Crippen MR) is 105 cm³/mol. The van der Waals surface area contributed by atoms with Crippen LogP contribution in [-0.4, -0.2) is 15.5 Å². The van der Waals surface area contributed by atoms with Crippen LogP contribution in [0.3, 0.4) is 0 Å². The Morgan fingerprint density at radius 2 is 1.92 bits per heavy atom. The van der Waals surface area contributed by atoms with Gasteiger partial charge in [-0.15, -0.1) is 0 Å². The lowest BCUT2D eigenvalue weighted by atomic mass is 10.1. The smallest absolute Gasteiger partial charge is 0.253 e. The first-order valence-corrected chi connectivity index (χ1v) is 8.87. The fourth-order valence-corrected chi connectivity index (χ4v) is 3.49. The van der Waals surface area contributed by atoms with E-state index in [0.717, 1.165) is 27.7 Å². The number of hydrogen-bond donors (Lipinski definition) is 2. The first-order valence-electron chi connectivity index (χ1n) is 8.87. The van der Waals surface area contributed by atoms with Gasteiger partial charge in [-0.25, -0.2) is 0 Å². The SMILES string of the molecule is Cc1cc(C)c(CNC(=O)c2cccc3c2c(C)cn3C(C)C)c(=O)[nH]1. The molecule has 0 radical (unpaired) electrons. The number of pyridine rings is 1. The minimum Gasteiger partial charge on any atom is -0.348 e. The number of fused-ring (bicyclic) bond motifs is 1. The third-order valence-electron chi connectivity index (χ3n) is 4.77. The lowest BCUT2D eigenvalue weighted by Gasteiger charge is -2.11. The van der Waals surface area contributed by atoms with Crippen molar-refractivity contribution in [1.29, 1.82) is 0 Å². The molecule has 0 aliphatic carbocycles.